The summed E-state index contributed by atoms with van der Waals surface area (Å²) >= 11 is 0. The monoisotopic (exact) mass is 200 g/mol. The standard InChI is InChI=1S/C11H10BFN2/c1-7(2)11(13)9-5-14-10-4-3-8(12)6-15(9)10/h3-6,11H,1H2,2H3. The highest BCUT2D eigenvalue weighted by atomic mass is 19.1. The van der Waals surface area contributed by atoms with Gasteiger partial charge >= 0.3 is 0 Å². The third-order valence-corrected chi connectivity index (χ3v) is 2.25. The fourth-order valence-corrected chi connectivity index (χ4v) is 1.46. The van der Waals surface area contributed by atoms with Crippen molar-refractivity contribution < 1.29 is 4.39 Å². The third-order valence-electron chi connectivity index (χ3n) is 2.25. The Labute approximate surface area is 88.9 Å². The number of hydrogen-bond acceptors (Lipinski definition) is 1. The molecule has 1 atom stereocenters. The smallest absolute Gasteiger partial charge is 0.162 e. The Morgan fingerprint density at radius 1 is 1.60 bits per heavy atom. The Morgan fingerprint density at radius 3 is 3.00 bits per heavy atom. The number of nitrogens with zero attached hydrogens (tertiary/aromatic N) is 2. The maximum atomic E-state index is 13.8. The van der Waals surface area contributed by atoms with E-state index in [1.54, 1.807) is 29.7 Å². The average Bonchev–Trinajstić information content (AvgIpc) is 2.59. The summed E-state index contributed by atoms with van der Waals surface area (Å²) in [5.41, 5.74) is 2.18. The van der Waals surface area contributed by atoms with Crippen LogP contribution in [0.1, 0.15) is 18.8 Å². The minimum atomic E-state index is -1.21. The Kier molecular flexibility index (Phi) is 2.35. The molecule has 0 aromatic carbocycles. The first-order chi connectivity index (χ1) is 7.09. The zero-order chi connectivity index (χ0) is 11.0. The first kappa shape index (κ1) is 9.96. The first-order valence-corrected chi connectivity index (χ1v) is 4.61. The van der Waals surface area contributed by atoms with Gasteiger partial charge in [0, 0.05) is 6.20 Å². The Hall–Kier alpha value is -1.58. The molecule has 0 fully saturated rings. The van der Waals surface area contributed by atoms with Gasteiger partial charge in [-0.1, -0.05) is 18.1 Å². The van der Waals surface area contributed by atoms with Gasteiger partial charge in [-0.05, 0) is 18.6 Å². The van der Waals surface area contributed by atoms with Gasteiger partial charge in [-0.2, -0.15) is 0 Å². The van der Waals surface area contributed by atoms with Crippen LogP contribution in [-0.4, -0.2) is 17.2 Å². The van der Waals surface area contributed by atoms with E-state index in [-0.39, 0.29) is 0 Å². The maximum Gasteiger partial charge on any atom is 0.162 e. The molecule has 2 aromatic rings. The molecule has 0 saturated carbocycles. The number of rotatable bonds is 2. The quantitative estimate of drug-likeness (QED) is 0.532. The van der Waals surface area contributed by atoms with Crippen LogP contribution in [-0.2, 0) is 0 Å². The second-order valence-corrected chi connectivity index (χ2v) is 3.58. The number of halogens is 1. The molecule has 0 N–H and O–H groups in total. The van der Waals surface area contributed by atoms with E-state index >= 15 is 0 Å². The van der Waals surface area contributed by atoms with E-state index in [4.69, 9.17) is 7.85 Å². The van der Waals surface area contributed by atoms with Crippen LogP contribution in [0, 0.1) is 0 Å². The molecule has 2 radical (unpaired) electrons. The van der Waals surface area contributed by atoms with Gasteiger partial charge in [-0.25, -0.2) is 9.37 Å². The van der Waals surface area contributed by atoms with E-state index < -0.39 is 6.17 Å². The van der Waals surface area contributed by atoms with Gasteiger partial charge in [0.2, 0.25) is 0 Å². The highest BCUT2D eigenvalue weighted by Gasteiger charge is 2.15. The van der Waals surface area contributed by atoms with Gasteiger partial charge in [-0.15, -0.1) is 0 Å². The van der Waals surface area contributed by atoms with E-state index in [1.165, 1.54) is 6.20 Å². The van der Waals surface area contributed by atoms with Crippen LogP contribution < -0.4 is 5.46 Å². The summed E-state index contributed by atoms with van der Waals surface area (Å²) in [6.07, 6.45) is 1.96. The van der Waals surface area contributed by atoms with Crippen LogP contribution in [0.3, 0.4) is 0 Å². The lowest BCUT2D eigenvalue weighted by molar-refractivity contribution is 0.385. The second kappa shape index (κ2) is 3.53. The summed E-state index contributed by atoms with van der Waals surface area (Å²) in [6, 6.07) is 3.49. The number of alkyl halides is 1. The molecule has 0 aliphatic carbocycles. The third kappa shape index (κ3) is 1.67. The Balaban J connectivity index is 2.61. The zero-order valence-electron chi connectivity index (χ0n) is 8.44. The van der Waals surface area contributed by atoms with Crippen molar-refractivity contribution in [3.8, 4) is 0 Å². The van der Waals surface area contributed by atoms with Crippen molar-refractivity contribution in [1.29, 1.82) is 0 Å². The first-order valence-electron chi connectivity index (χ1n) is 4.61. The van der Waals surface area contributed by atoms with Crippen LogP contribution in [0.5, 0.6) is 0 Å². The number of imidazole rings is 1. The van der Waals surface area contributed by atoms with E-state index in [0.29, 0.717) is 22.4 Å². The van der Waals surface area contributed by atoms with Crippen LogP contribution in [0.4, 0.5) is 4.39 Å². The van der Waals surface area contributed by atoms with E-state index in [1.807, 2.05) is 0 Å². The molecule has 2 heterocycles. The van der Waals surface area contributed by atoms with E-state index in [0.717, 1.165) is 0 Å². The van der Waals surface area contributed by atoms with E-state index in [2.05, 4.69) is 11.6 Å². The number of allylic oxidation sites excluding steroid dienone is 1. The molecule has 4 heteroatoms. The molecule has 2 aromatic heterocycles. The van der Waals surface area contributed by atoms with Crippen molar-refractivity contribution in [2.45, 2.75) is 13.1 Å². The lowest BCUT2D eigenvalue weighted by Gasteiger charge is -2.07. The molecule has 0 amide bonds. The highest BCUT2D eigenvalue weighted by Crippen LogP contribution is 2.24. The molecular formula is C11H10BFN2. The maximum absolute atomic E-state index is 13.8. The SMILES string of the molecule is [B]c1ccc2ncc(C(F)C(=C)C)n2c1. The molecule has 74 valence electrons. The lowest BCUT2D eigenvalue weighted by Crippen LogP contribution is -2.07. The molecular weight excluding hydrogens is 190 g/mol. The molecule has 0 aliphatic rings. The fraction of sp³-hybridized carbons (Fsp3) is 0.182. The molecule has 15 heavy (non-hydrogen) atoms. The van der Waals surface area contributed by atoms with Gasteiger partial charge in [-0.3, -0.25) is 0 Å². The van der Waals surface area contributed by atoms with Gasteiger partial charge in [0.25, 0.3) is 0 Å². The fourth-order valence-electron chi connectivity index (χ4n) is 1.46. The van der Waals surface area contributed by atoms with Crippen molar-refractivity contribution in [3.05, 3.63) is 42.4 Å². The number of hydrogen-bond donors (Lipinski definition) is 0. The number of fused-ring (bicyclic) bond motifs is 1. The minimum Gasteiger partial charge on any atom is -0.301 e. The van der Waals surface area contributed by atoms with Crippen molar-refractivity contribution in [2.24, 2.45) is 0 Å². The summed E-state index contributed by atoms with van der Waals surface area (Å²) in [4.78, 5) is 4.09. The van der Waals surface area contributed by atoms with Gasteiger partial charge in [0.1, 0.15) is 13.5 Å². The number of aromatic nitrogens is 2. The predicted octanol–water partition coefficient (Wildman–Crippen LogP) is 1.71. The molecule has 0 aliphatic heterocycles. The second-order valence-electron chi connectivity index (χ2n) is 3.58. The molecule has 0 saturated heterocycles. The van der Waals surface area contributed by atoms with Crippen molar-refractivity contribution in [2.75, 3.05) is 0 Å². The number of pyridine rings is 1. The van der Waals surface area contributed by atoms with Gasteiger partial charge < -0.3 is 4.40 Å². The summed E-state index contributed by atoms with van der Waals surface area (Å²) < 4.78 is 15.4. The van der Waals surface area contributed by atoms with Crippen molar-refractivity contribution in [3.63, 3.8) is 0 Å². The van der Waals surface area contributed by atoms with Crippen molar-refractivity contribution in [1.82, 2.24) is 9.38 Å². The molecule has 2 nitrogen and oxygen atoms in total. The van der Waals surface area contributed by atoms with Gasteiger partial charge in [0.15, 0.2) is 6.17 Å². The summed E-state index contributed by atoms with van der Waals surface area (Å²) in [5, 5.41) is 0. The predicted molar refractivity (Wildman–Crippen MR) is 59.2 cm³/mol. The van der Waals surface area contributed by atoms with E-state index in [9.17, 15) is 4.39 Å². The van der Waals surface area contributed by atoms with Crippen molar-refractivity contribution >= 4 is 19.0 Å². The molecule has 1 unspecified atom stereocenters. The topological polar surface area (TPSA) is 17.3 Å². The lowest BCUT2D eigenvalue weighted by atomic mass is 9.99. The van der Waals surface area contributed by atoms with Gasteiger partial charge in [0.05, 0.1) is 11.9 Å². The van der Waals surface area contributed by atoms with Crippen LogP contribution in [0.2, 0.25) is 0 Å². The summed E-state index contributed by atoms with van der Waals surface area (Å²) in [7, 11) is 5.63. The zero-order valence-corrected chi connectivity index (χ0v) is 8.44. The van der Waals surface area contributed by atoms with Crippen LogP contribution in [0.15, 0.2) is 36.7 Å². The Morgan fingerprint density at radius 2 is 2.33 bits per heavy atom. The molecule has 2 rings (SSSR count). The largest absolute Gasteiger partial charge is 0.301 e. The normalized spacial score (nSPS) is 12.9. The summed E-state index contributed by atoms with van der Waals surface area (Å²) in [6.45, 7) is 5.24. The molecule has 0 bridgehead atoms. The Bertz CT molecular complexity index is 518. The van der Waals surface area contributed by atoms with Crippen LogP contribution >= 0.6 is 0 Å². The highest BCUT2D eigenvalue weighted by molar-refractivity contribution is 6.32. The van der Waals surface area contributed by atoms with Crippen LogP contribution in [0.25, 0.3) is 5.65 Å². The minimum absolute atomic E-state index is 0.458. The molecule has 0 spiro atoms. The summed E-state index contributed by atoms with van der Waals surface area (Å²) in [5.74, 6) is 0. The average molecular weight is 200 g/mol.